The van der Waals surface area contributed by atoms with Gasteiger partial charge in [-0.1, -0.05) is 121 Å². The van der Waals surface area contributed by atoms with Gasteiger partial charge in [-0.25, -0.2) is 4.98 Å². The molecule has 0 saturated heterocycles. The van der Waals surface area contributed by atoms with Gasteiger partial charge >= 0.3 is 0 Å². The summed E-state index contributed by atoms with van der Waals surface area (Å²) in [6.07, 6.45) is 0. The maximum atomic E-state index is 14.3. The summed E-state index contributed by atoms with van der Waals surface area (Å²) in [6, 6.07) is 39.8. The Morgan fingerprint density at radius 2 is 1.28 bits per heavy atom. The van der Waals surface area contributed by atoms with E-state index in [2.05, 4.69) is 6.07 Å². The number of hydrogen-bond donors (Lipinski definition) is 0. The molecule has 0 aliphatic heterocycles. The largest absolute Gasteiger partial charge is 0.298 e. The highest BCUT2D eigenvalue weighted by Gasteiger charge is 2.22. The highest BCUT2D eigenvalue weighted by Crippen LogP contribution is 2.32. The molecular formula is C31H22ClN3O. The van der Waals surface area contributed by atoms with E-state index in [4.69, 9.17) is 16.6 Å². The fourth-order valence-electron chi connectivity index (χ4n) is 4.67. The van der Waals surface area contributed by atoms with Gasteiger partial charge in [0, 0.05) is 10.9 Å². The molecule has 6 aromatic rings. The van der Waals surface area contributed by atoms with E-state index >= 15 is 0 Å². The molecule has 0 N–H and O–H groups in total. The second-order valence-corrected chi connectivity index (χ2v) is 8.97. The van der Waals surface area contributed by atoms with Crippen molar-refractivity contribution in [2.75, 3.05) is 0 Å². The number of para-hydroxylation sites is 1. The van der Waals surface area contributed by atoms with Gasteiger partial charge in [0.05, 0.1) is 23.4 Å². The lowest BCUT2D eigenvalue weighted by Crippen LogP contribution is -2.28. The van der Waals surface area contributed by atoms with Crippen LogP contribution in [-0.4, -0.2) is 14.1 Å². The number of nitrogens with zero attached hydrogens (tertiary/aromatic N) is 3. The van der Waals surface area contributed by atoms with Gasteiger partial charge in [0.15, 0.2) is 5.15 Å². The van der Waals surface area contributed by atoms with E-state index in [1.54, 1.807) is 4.57 Å². The van der Waals surface area contributed by atoms with Crippen LogP contribution in [0.15, 0.2) is 126 Å². The van der Waals surface area contributed by atoms with Crippen molar-refractivity contribution in [2.24, 2.45) is 0 Å². The smallest absolute Gasteiger partial charge is 0.295 e. The Hall–Kier alpha value is -4.41. The van der Waals surface area contributed by atoms with E-state index in [1.807, 2.05) is 120 Å². The summed E-state index contributed by atoms with van der Waals surface area (Å²) in [5.74, 6) is 0.274. The molecule has 0 aliphatic rings. The molecule has 2 heterocycles. The summed E-state index contributed by atoms with van der Waals surface area (Å²) >= 11 is 6.89. The minimum atomic E-state index is -0.208. The molecule has 5 heteroatoms. The Balaban J connectivity index is 1.67. The Labute approximate surface area is 213 Å². The molecule has 6 rings (SSSR count). The predicted molar refractivity (Wildman–Crippen MR) is 147 cm³/mol. The van der Waals surface area contributed by atoms with Crippen LogP contribution in [0, 0.1) is 0 Å². The van der Waals surface area contributed by atoms with Crippen LogP contribution in [-0.2, 0) is 6.54 Å². The van der Waals surface area contributed by atoms with Crippen molar-refractivity contribution in [2.45, 2.75) is 6.54 Å². The number of aromatic nitrogens is 3. The van der Waals surface area contributed by atoms with Crippen LogP contribution in [0.1, 0.15) is 5.56 Å². The molecule has 0 spiro atoms. The second-order valence-electron chi connectivity index (χ2n) is 8.61. The standard InChI is InChI=1S/C31H22ClN3O/c32-29-28(24-16-8-3-9-17-24)34(21-22-12-4-1-5-13-22)31(36)30(33-29)35-26-19-11-10-18-25(26)20-27(35)23-14-6-2-7-15-23/h1-20H,21H2. The van der Waals surface area contributed by atoms with Crippen LogP contribution in [0.4, 0.5) is 0 Å². The minimum Gasteiger partial charge on any atom is -0.298 e. The van der Waals surface area contributed by atoms with Crippen molar-refractivity contribution < 1.29 is 0 Å². The van der Waals surface area contributed by atoms with Gasteiger partial charge in [0.25, 0.3) is 5.56 Å². The summed E-state index contributed by atoms with van der Waals surface area (Å²) in [4.78, 5) is 19.0. The molecule has 0 radical (unpaired) electrons. The summed E-state index contributed by atoms with van der Waals surface area (Å²) in [7, 11) is 0. The first kappa shape index (κ1) is 22.1. The molecule has 0 atom stereocenters. The summed E-state index contributed by atoms with van der Waals surface area (Å²) in [5.41, 5.74) is 5.02. The summed E-state index contributed by atoms with van der Waals surface area (Å²) < 4.78 is 3.66. The quantitative estimate of drug-likeness (QED) is 0.257. The third kappa shape index (κ3) is 3.92. The molecule has 4 nitrogen and oxygen atoms in total. The van der Waals surface area contributed by atoms with E-state index in [0.29, 0.717) is 12.2 Å². The lowest BCUT2D eigenvalue weighted by molar-refractivity contribution is 0.746. The molecule has 0 unspecified atom stereocenters. The minimum absolute atomic E-state index is 0.208. The summed E-state index contributed by atoms with van der Waals surface area (Å²) in [6.45, 7) is 0.374. The van der Waals surface area contributed by atoms with Crippen LogP contribution in [0.25, 0.3) is 39.2 Å². The van der Waals surface area contributed by atoms with Crippen molar-refractivity contribution in [3.63, 3.8) is 0 Å². The average molecular weight is 488 g/mol. The zero-order chi connectivity index (χ0) is 24.5. The zero-order valence-corrected chi connectivity index (χ0v) is 20.1. The second kappa shape index (κ2) is 9.33. The van der Waals surface area contributed by atoms with Gasteiger partial charge in [-0.3, -0.25) is 13.9 Å². The fourth-order valence-corrected chi connectivity index (χ4v) is 4.96. The lowest BCUT2D eigenvalue weighted by atomic mass is 10.1. The first-order valence-corrected chi connectivity index (χ1v) is 12.1. The zero-order valence-electron chi connectivity index (χ0n) is 19.4. The van der Waals surface area contributed by atoms with E-state index in [1.165, 1.54) is 0 Å². The molecule has 2 aromatic heterocycles. The Bertz CT molecular complexity index is 1720. The Kier molecular flexibility index (Phi) is 5.72. The van der Waals surface area contributed by atoms with E-state index in [0.717, 1.165) is 33.3 Å². The normalized spacial score (nSPS) is 11.1. The molecule has 0 fully saturated rings. The molecule has 0 bridgehead atoms. The molecule has 0 amide bonds. The van der Waals surface area contributed by atoms with E-state index in [9.17, 15) is 4.79 Å². The lowest BCUT2D eigenvalue weighted by Gasteiger charge is -2.18. The van der Waals surface area contributed by atoms with Gasteiger partial charge < -0.3 is 0 Å². The van der Waals surface area contributed by atoms with Gasteiger partial charge in [-0.15, -0.1) is 0 Å². The van der Waals surface area contributed by atoms with Gasteiger partial charge in [-0.05, 0) is 23.3 Å². The highest BCUT2D eigenvalue weighted by molar-refractivity contribution is 6.31. The Morgan fingerprint density at radius 1 is 0.694 bits per heavy atom. The maximum Gasteiger partial charge on any atom is 0.295 e. The van der Waals surface area contributed by atoms with Crippen LogP contribution in [0.5, 0.6) is 0 Å². The van der Waals surface area contributed by atoms with Gasteiger partial charge in [0.2, 0.25) is 5.82 Å². The van der Waals surface area contributed by atoms with Crippen LogP contribution < -0.4 is 5.56 Å². The SMILES string of the molecule is O=c1c(-n2c(-c3ccccc3)cc3ccccc32)nc(Cl)c(-c2ccccc2)n1Cc1ccccc1. The molecule has 0 aliphatic carbocycles. The van der Waals surface area contributed by atoms with Crippen LogP contribution in [0.3, 0.4) is 0 Å². The summed E-state index contributed by atoms with van der Waals surface area (Å²) in [5, 5.41) is 1.30. The number of rotatable bonds is 5. The average Bonchev–Trinajstić information content (AvgIpc) is 3.32. The van der Waals surface area contributed by atoms with E-state index in [-0.39, 0.29) is 16.5 Å². The fraction of sp³-hybridized carbons (Fsp3) is 0.0323. The van der Waals surface area contributed by atoms with Crippen molar-refractivity contribution in [1.82, 2.24) is 14.1 Å². The number of fused-ring (bicyclic) bond motifs is 1. The van der Waals surface area contributed by atoms with Crippen molar-refractivity contribution >= 4 is 22.5 Å². The highest BCUT2D eigenvalue weighted by atomic mass is 35.5. The van der Waals surface area contributed by atoms with Crippen LogP contribution in [0.2, 0.25) is 5.15 Å². The van der Waals surface area contributed by atoms with Crippen molar-refractivity contribution in [1.29, 1.82) is 0 Å². The first-order chi connectivity index (χ1) is 17.7. The third-order valence-electron chi connectivity index (χ3n) is 6.33. The van der Waals surface area contributed by atoms with Gasteiger partial charge in [-0.2, -0.15) is 0 Å². The number of halogens is 1. The van der Waals surface area contributed by atoms with Gasteiger partial charge in [0.1, 0.15) is 0 Å². The predicted octanol–water partition coefficient (Wildman–Crippen LogP) is 7.22. The van der Waals surface area contributed by atoms with Crippen LogP contribution >= 0.6 is 11.6 Å². The Morgan fingerprint density at radius 3 is 1.97 bits per heavy atom. The number of hydrogen-bond acceptors (Lipinski definition) is 2. The number of benzene rings is 4. The van der Waals surface area contributed by atoms with Crippen molar-refractivity contribution in [3.05, 3.63) is 142 Å². The maximum absolute atomic E-state index is 14.3. The molecule has 36 heavy (non-hydrogen) atoms. The van der Waals surface area contributed by atoms with Crippen molar-refractivity contribution in [3.8, 4) is 28.3 Å². The van der Waals surface area contributed by atoms with E-state index < -0.39 is 0 Å². The molecule has 174 valence electrons. The topological polar surface area (TPSA) is 39.8 Å². The third-order valence-corrected chi connectivity index (χ3v) is 6.59. The molecule has 0 saturated carbocycles. The molecular weight excluding hydrogens is 466 g/mol. The first-order valence-electron chi connectivity index (χ1n) is 11.8. The molecule has 4 aromatic carbocycles. The monoisotopic (exact) mass is 487 g/mol.